The largest absolute Gasteiger partial charge is 0.450 e. The minimum absolute atomic E-state index is 0.0687. The van der Waals surface area contributed by atoms with Crippen LogP contribution in [0.1, 0.15) is 12.5 Å². The number of pyridine rings is 1. The van der Waals surface area contributed by atoms with Crippen LogP contribution in [0.3, 0.4) is 0 Å². The molecule has 0 aromatic carbocycles. The summed E-state index contributed by atoms with van der Waals surface area (Å²) in [5.74, 6) is 0.725. The predicted molar refractivity (Wildman–Crippen MR) is 102 cm³/mol. The summed E-state index contributed by atoms with van der Waals surface area (Å²) in [6, 6.07) is 3.57. The van der Waals surface area contributed by atoms with Crippen molar-refractivity contribution >= 4 is 29.2 Å². The van der Waals surface area contributed by atoms with Crippen molar-refractivity contribution in [3.05, 3.63) is 40.3 Å². The van der Waals surface area contributed by atoms with Crippen LogP contribution in [-0.2, 0) is 4.74 Å². The van der Waals surface area contributed by atoms with Gasteiger partial charge in [0.05, 0.1) is 11.5 Å². The number of piperazine rings is 1. The Bertz CT molecular complexity index is 851. The SMILES string of the molecule is CCOC(=O)N1CCN(c2ncnc(Nc3ccc(C)cn3)c2[N+](=O)[O-])CC1. The highest BCUT2D eigenvalue weighted by molar-refractivity contribution is 5.74. The Morgan fingerprint density at radius 3 is 2.61 bits per heavy atom. The number of rotatable bonds is 5. The van der Waals surface area contributed by atoms with E-state index in [4.69, 9.17) is 4.74 Å². The standard InChI is InChI=1S/C17H21N7O4/c1-3-28-17(25)23-8-6-22(7-9-23)16-14(24(26)27)15(19-11-20-16)21-13-5-4-12(2)10-18-13/h4-5,10-11H,3,6-9H2,1-2H3,(H,18,19,20,21). The van der Waals surface area contributed by atoms with Gasteiger partial charge in [-0.05, 0) is 25.5 Å². The zero-order chi connectivity index (χ0) is 20.1. The Labute approximate surface area is 161 Å². The molecule has 0 bridgehead atoms. The molecule has 1 aliphatic heterocycles. The molecule has 0 atom stereocenters. The van der Waals surface area contributed by atoms with Gasteiger partial charge in [0.25, 0.3) is 0 Å². The van der Waals surface area contributed by atoms with Crippen LogP contribution < -0.4 is 10.2 Å². The summed E-state index contributed by atoms with van der Waals surface area (Å²) in [7, 11) is 0. The molecule has 11 heteroatoms. The second kappa shape index (κ2) is 8.46. The van der Waals surface area contributed by atoms with Crippen LogP contribution in [0.5, 0.6) is 0 Å². The van der Waals surface area contributed by atoms with Crippen molar-refractivity contribution in [1.82, 2.24) is 19.9 Å². The molecule has 1 N–H and O–H groups in total. The minimum Gasteiger partial charge on any atom is -0.450 e. The average molecular weight is 387 g/mol. The number of amides is 1. The molecule has 28 heavy (non-hydrogen) atoms. The van der Waals surface area contributed by atoms with Crippen molar-refractivity contribution in [2.45, 2.75) is 13.8 Å². The number of carbonyl (C=O) groups is 1. The summed E-state index contributed by atoms with van der Waals surface area (Å²) < 4.78 is 5.00. The van der Waals surface area contributed by atoms with Crippen LogP contribution in [0, 0.1) is 17.0 Å². The van der Waals surface area contributed by atoms with Crippen LogP contribution in [0.25, 0.3) is 0 Å². The van der Waals surface area contributed by atoms with E-state index in [0.717, 1.165) is 5.56 Å². The summed E-state index contributed by atoms with van der Waals surface area (Å²) in [5.41, 5.74) is 0.748. The first kappa shape index (κ1) is 19.3. The first-order valence-electron chi connectivity index (χ1n) is 8.85. The fourth-order valence-corrected chi connectivity index (χ4v) is 2.84. The molecule has 0 aliphatic carbocycles. The maximum Gasteiger partial charge on any atom is 0.409 e. The van der Waals surface area contributed by atoms with E-state index in [0.29, 0.717) is 38.6 Å². The van der Waals surface area contributed by atoms with E-state index < -0.39 is 4.92 Å². The third kappa shape index (κ3) is 4.24. The van der Waals surface area contributed by atoms with Gasteiger partial charge in [0.2, 0.25) is 11.6 Å². The lowest BCUT2D eigenvalue weighted by atomic mass is 10.3. The number of nitrogens with one attached hydrogen (secondary N) is 1. The molecule has 2 aromatic rings. The van der Waals surface area contributed by atoms with E-state index in [-0.39, 0.29) is 23.4 Å². The third-order valence-corrected chi connectivity index (χ3v) is 4.25. The minimum atomic E-state index is -0.510. The van der Waals surface area contributed by atoms with Gasteiger partial charge in [0.15, 0.2) is 0 Å². The molecular weight excluding hydrogens is 366 g/mol. The smallest absolute Gasteiger partial charge is 0.409 e. The molecule has 11 nitrogen and oxygen atoms in total. The van der Waals surface area contributed by atoms with E-state index in [1.54, 1.807) is 29.0 Å². The summed E-state index contributed by atoms with van der Waals surface area (Å²) in [6.07, 6.45) is 2.55. The number of anilines is 3. The van der Waals surface area contributed by atoms with Gasteiger partial charge in [0, 0.05) is 32.4 Å². The molecule has 1 amide bonds. The highest BCUT2D eigenvalue weighted by Gasteiger charge is 2.30. The van der Waals surface area contributed by atoms with Crippen molar-refractivity contribution in [2.75, 3.05) is 43.0 Å². The van der Waals surface area contributed by atoms with Gasteiger partial charge in [0.1, 0.15) is 12.1 Å². The number of ether oxygens (including phenoxy) is 1. The molecule has 1 saturated heterocycles. The van der Waals surface area contributed by atoms with E-state index in [1.165, 1.54) is 6.33 Å². The normalized spacial score (nSPS) is 13.9. The van der Waals surface area contributed by atoms with Crippen molar-refractivity contribution in [2.24, 2.45) is 0 Å². The maximum atomic E-state index is 11.8. The zero-order valence-electron chi connectivity index (χ0n) is 15.7. The zero-order valence-corrected chi connectivity index (χ0v) is 15.7. The fraction of sp³-hybridized carbons (Fsp3) is 0.412. The van der Waals surface area contributed by atoms with Crippen molar-refractivity contribution in [1.29, 1.82) is 0 Å². The average Bonchev–Trinajstić information content (AvgIpc) is 2.69. The van der Waals surface area contributed by atoms with E-state index in [9.17, 15) is 14.9 Å². The van der Waals surface area contributed by atoms with Gasteiger partial charge >= 0.3 is 11.8 Å². The van der Waals surface area contributed by atoms with Gasteiger partial charge < -0.3 is 19.9 Å². The lowest BCUT2D eigenvalue weighted by Gasteiger charge is -2.34. The monoisotopic (exact) mass is 387 g/mol. The first-order valence-corrected chi connectivity index (χ1v) is 8.85. The predicted octanol–water partition coefficient (Wildman–Crippen LogP) is 2.11. The first-order chi connectivity index (χ1) is 13.5. The van der Waals surface area contributed by atoms with Crippen molar-refractivity contribution in [3.8, 4) is 0 Å². The van der Waals surface area contributed by atoms with Crippen LogP contribution in [0.2, 0.25) is 0 Å². The van der Waals surface area contributed by atoms with Crippen LogP contribution in [-0.4, -0.2) is 63.7 Å². The Hall–Kier alpha value is -3.50. The lowest BCUT2D eigenvalue weighted by molar-refractivity contribution is -0.383. The number of nitrogens with zero attached hydrogens (tertiary/aromatic N) is 6. The molecule has 1 aliphatic rings. The van der Waals surface area contributed by atoms with E-state index >= 15 is 0 Å². The maximum absolute atomic E-state index is 11.8. The van der Waals surface area contributed by atoms with Crippen LogP contribution in [0.4, 0.5) is 27.9 Å². The molecule has 0 spiro atoms. The lowest BCUT2D eigenvalue weighted by Crippen LogP contribution is -2.49. The summed E-state index contributed by atoms with van der Waals surface area (Å²) in [4.78, 5) is 38.7. The summed E-state index contributed by atoms with van der Waals surface area (Å²) in [6.45, 7) is 5.54. The molecule has 3 rings (SSSR count). The molecule has 0 radical (unpaired) electrons. The Morgan fingerprint density at radius 2 is 2.00 bits per heavy atom. The number of hydrogen-bond acceptors (Lipinski definition) is 9. The molecule has 3 heterocycles. The topological polar surface area (TPSA) is 127 Å². The Kier molecular flexibility index (Phi) is 5.82. The Morgan fingerprint density at radius 1 is 1.25 bits per heavy atom. The molecule has 2 aromatic heterocycles. The summed E-state index contributed by atoms with van der Waals surface area (Å²) in [5, 5.41) is 14.6. The van der Waals surface area contributed by atoms with Gasteiger partial charge in [-0.1, -0.05) is 6.07 Å². The van der Waals surface area contributed by atoms with Gasteiger partial charge in [-0.15, -0.1) is 0 Å². The van der Waals surface area contributed by atoms with E-state index in [1.807, 2.05) is 13.0 Å². The van der Waals surface area contributed by atoms with Crippen molar-refractivity contribution < 1.29 is 14.5 Å². The molecule has 148 valence electrons. The second-order valence-corrected chi connectivity index (χ2v) is 6.17. The number of nitro groups is 1. The molecule has 0 saturated carbocycles. The summed E-state index contributed by atoms with van der Waals surface area (Å²) >= 11 is 0. The van der Waals surface area contributed by atoms with E-state index in [2.05, 4.69) is 20.3 Å². The molecule has 1 fully saturated rings. The van der Waals surface area contributed by atoms with Gasteiger partial charge in [-0.3, -0.25) is 10.1 Å². The number of hydrogen-bond donors (Lipinski definition) is 1. The highest BCUT2D eigenvalue weighted by Crippen LogP contribution is 2.33. The quantitative estimate of drug-likeness (QED) is 0.606. The fourth-order valence-electron chi connectivity index (χ4n) is 2.84. The second-order valence-electron chi connectivity index (χ2n) is 6.17. The van der Waals surface area contributed by atoms with Gasteiger partial charge in [-0.2, -0.15) is 0 Å². The number of carbonyl (C=O) groups excluding carboxylic acids is 1. The highest BCUT2D eigenvalue weighted by atomic mass is 16.6. The Balaban J connectivity index is 1.81. The van der Waals surface area contributed by atoms with Gasteiger partial charge in [-0.25, -0.2) is 19.7 Å². The molecule has 0 unspecified atom stereocenters. The van der Waals surface area contributed by atoms with Crippen LogP contribution >= 0.6 is 0 Å². The third-order valence-electron chi connectivity index (χ3n) is 4.25. The number of aryl methyl sites for hydroxylation is 1. The number of aromatic nitrogens is 3. The van der Waals surface area contributed by atoms with Crippen molar-refractivity contribution in [3.63, 3.8) is 0 Å². The van der Waals surface area contributed by atoms with Crippen LogP contribution in [0.15, 0.2) is 24.7 Å². The molecular formula is C17H21N7O4.